The Morgan fingerprint density at radius 1 is 1.31 bits per heavy atom. The van der Waals surface area contributed by atoms with Crippen LogP contribution >= 0.6 is 11.6 Å². The van der Waals surface area contributed by atoms with Crippen molar-refractivity contribution in [3.05, 3.63) is 35.9 Å². The van der Waals surface area contributed by atoms with Gasteiger partial charge in [0.05, 0.1) is 0 Å². The van der Waals surface area contributed by atoms with Crippen LogP contribution in [-0.4, -0.2) is 16.6 Å². The van der Waals surface area contributed by atoms with Gasteiger partial charge in [0.2, 0.25) is 0 Å². The zero-order valence-corrected chi connectivity index (χ0v) is 7.51. The van der Waals surface area contributed by atoms with Crippen LogP contribution < -0.4 is 0 Å². The third-order valence-electron chi connectivity index (χ3n) is 1.65. The van der Waals surface area contributed by atoms with Gasteiger partial charge >= 0.3 is 5.38 Å². The zero-order valence-electron chi connectivity index (χ0n) is 6.75. The minimum atomic E-state index is -3.56. The Balaban J connectivity index is 2.61. The van der Waals surface area contributed by atoms with Gasteiger partial charge in [0.15, 0.2) is 0 Å². The predicted molar refractivity (Wildman–Crippen MR) is 47.0 cm³/mol. The second kappa shape index (κ2) is 4.03. The molecule has 0 saturated carbocycles. The molecule has 4 heteroatoms. The largest absolute Gasteiger partial charge is 0.385 e. The van der Waals surface area contributed by atoms with Crippen LogP contribution in [0.3, 0.4) is 0 Å². The molecular weight excluding hydrogens is 198 g/mol. The van der Waals surface area contributed by atoms with Gasteiger partial charge in [-0.2, -0.15) is 8.78 Å². The summed E-state index contributed by atoms with van der Waals surface area (Å²) < 4.78 is 24.6. The van der Waals surface area contributed by atoms with E-state index in [1.807, 2.05) is 0 Å². The number of aliphatic hydroxyl groups excluding tert-OH is 1. The Hall–Kier alpha value is -0.670. The van der Waals surface area contributed by atoms with Crippen LogP contribution in [0.4, 0.5) is 8.78 Å². The van der Waals surface area contributed by atoms with Crippen molar-refractivity contribution in [1.82, 2.24) is 0 Å². The van der Waals surface area contributed by atoms with Crippen molar-refractivity contribution in [2.24, 2.45) is 0 Å². The lowest BCUT2D eigenvalue weighted by Crippen LogP contribution is -2.29. The third-order valence-corrected chi connectivity index (χ3v) is 1.90. The molecule has 1 nitrogen and oxygen atoms in total. The molecule has 0 heterocycles. The first-order valence-electron chi connectivity index (χ1n) is 3.79. The highest BCUT2D eigenvalue weighted by Gasteiger charge is 2.35. The highest BCUT2D eigenvalue weighted by atomic mass is 35.5. The lowest BCUT2D eigenvalue weighted by Gasteiger charge is -2.15. The van der Waals surface area contributed by atoms with E-state index in [1.54, 1.807) is 30.3 Å². The number of hydrogen-bond acceptors (Lipinski definition) is 1. The number of hydrogen-bond donors (Lipinski definition) is 1. The SMILES string of the molecule is OC(Cc1ccccc1)C(F)(F)Cl. The summed E-state index contributed by atoms with van der Waals surface area (Å²) in [6, 6.07) is 8.52. The normalized spacial score (nSPS) is 14.2. The molecule has 72 valence electrons. The van der Waals surface area contributed by atoms with E-state index >= 15 is 0 Å². The van der Waals surface area contributed by atoms with Crippen molar-refractivity contribution in [2.45, 2.75) is 17.9 Å². The molecule has 1 atom stereocenters. The molecule has 13 heavy (non-hydrogen) atoms. The fourth-order valence-electron chi connectivity index (χ4n) is 0.953. The van der Waals surface area contributed by atoms with Crippen molar-refractivity contribution < 1.29 is 13.9 Å². The number of alkyl halides is 3. The van der Waals surface area contributed by atoms with Crippen LogP contribution in [-0.2, 0) is 6.42 Å². The summed E-state index contributed by atoms with van der Waals surface area (Å²) in [7, 11) is 0. The second-order valence-electron chi connectivity index (χ2n) is 2.75. The maximum absolute atomic E-state index is 12.3. The molecule has 0 radical (unpaired) electrons. The molecule has 0 aliphatic heterocycles. The fraction of sp³-hybridized carbons (Fsp3) is 0.333. The van der Waals surface area contributed by atoms with E-state index in [9.17, 15) is 8.78 Å². The molecule has 0 amide bonds. The van der Waals surface area contributed by atoms with E-state index < -0.39 is 11.5 Å². The smallest absolute Gasteiger partial charge is 0.347 e. The maximum Gasteiger partial charge on any atom is 0.347 e. The van der Waals surface area contributed by atoms with E-state index in [0.29, 0.717) is 5.56 Å². The van der Waals surface area contributed by atoms with Gasteiger partial charge in [-0.25, -0.2) is 0 Å². The molecule has 0 fully saturated rings. The van der Waals surface area contributed by atoms with Gasteiger partial charge in [-0.15, -0.1) is 0 Å². The average molecular weight is 207 g/mol. The monoisotopic (exact) mass is 206 g/mol. The highest BCUT2D eigenvalue weighted by molar-refractivity contribution is 6.22. The molecule has 1 aromatic carbocycles. The van der Waals surface area contributed by atoms with Gasteiger partial charge in [-0.05, 0) is 17.2 Å². The van der Waals surface area contributed by atoms with E-state index in [-0.39, 0.29) is 6.42 Å². The van der Waals surface area contributed by atoms with Gasteiger partial charge < -0.3 is 5.11 Å². The van der Waals surface area contributed by atoms with Gasteiger partial charge in [-0.3, -0.25) is 0 Å². The van der Waals surface area contributed by atoms with Gasteiger partial charge in [0.1, 0.15) is 6.10 Å². The van der Waals surface area contributed by atoms with E-state index in [2.05, 4.69) is 11.6 Å². The Labute approximate surface area is 80.0 Å². The van der Waals surface area contributed by atoms with Crippen molar-refractivity contribution in [3.8, 4) is 0 Å². The van der Waals surface area contributed by atoms with Crippen LogP contribution in [0, 0.1) is 0 Å². The van der Waals surface area contributed by atoms with Crippen molar-refractivity contribution >= 4 is 11.6 Å². The van der Waals surface area contributed by atoms with Gasteiger partial charge in [0, 0.05) is 6.42 Å². The lowest BCUT2D eigenvalue weighted by molar-refractivity contribution is -0.0397. The molecule has 0 aliphatic rings. The average Bonchev–Trinajstić information content (AvgIpc) is 2.04. The molecule has 1 aromatic rings. The van der Waals surface area contributed by atoms with E-state index in [0.717, 1.165) is 0 Å². The fourth-order valence-corrected chi connectivity index (χ4v) is 1.03. The third kappa shape index (κ3) is 3.28. The molecular formula is C9H9ClF2O. The minimum Gasteiger partial charge on any atom is -0.385 e. The minimum absolute atomic E-state index is 0.142. The van der Waals surface area contributed by atoms with Crippen LogP contribution in [0.2, 0.25) is 0 Å². The van der Waals surface area contributed by atoms with E-state index in [1.165, 1.54) is 0 Å². The standard InChI is InChI=1S/C9H9ClF2O/c10-9(11,12)8(13)6-7-4-2-1-3-5-7/h1-5,8,13H,6H2. The molecule has 0 aliphatic carbocycles. The molecule has 1 N–H and O–H groups in total. The number of aliphatic hydroxyl groups is 1. The molecule has 0 saturated heterocycles. The Bertz CT molecular complexity index is 258. The van der Waals surface area contributed by atoms with Crippen molar-refractivity contribution in [2.75, 3.05) is 0 Å². The summed E-state index contributed by atoms with van der Waals surface area (Å²) in [6.45, 7) is 0. The summed E-state index contributed by atoms with van der Waals surface area (Å²) in [4.78, 5) is 0. The lowest BCUT2D eigenvalue weighted by atomic mass is 10.1. The molecule has 1 rings (SSSR count). The van der Waals surface area contributed by atoms with Gasteiger partial charge in [-0.1, -0.05) is 30.3 Å². The number of rotatable bonds is 3. The first kappa shape index (κ1) is 10.4. The zero-order chi connectivity index (χ0) is 9.90. The topological polar surface area (TPSA) is 20.2 Å². The first-order chi connectivity index (χ1) is 6.00. The van der Waals surface area contributed by atoms with Crippen LogP contribution in [0.25, 0.3) is 0 Å². The molecule has 1 unspecified atom stereocenters. The quantitative estimate of drug-likeness (QED) is 0.754. The molecule has 0 bridgehead atoms. The summed E-state index contributed by atoms with van der Waals surface area (Å²) in [5.74, 6) is 0. The summed E-state index contributed by atoms with van der Waals surface area (Å²) in [6.07, 6.45) is -1.98. The molecule has 0 spiro atoms. The maximum atomic E-state index is 12.3. The van der Waals surface area contributed by atoms with E-state index in [4.69, 9.17) is 5.11 Å². The van der Waals surface area contributed by atoms with Crippen LogP contribution in [0.1, 0.15) is 5.56 Å². The summed E-state index contributed by atoms with van der Waals surface area (Å²) in [5.41, 5.74) is 0.635. The Morgan fingerprint density at radius 3 is 2.31 bits per heavy atom. The Kier molecular flexibility index (Phi) is 3.22. The molecule has 0 aromatic heterocycles. The second-order valence-corrected chi connectivity index (χ2v) is 3.25. The summed E-state index contributed by atoms with van der Waals surface area (Å²) >= 11 is 4.65. The first-order valence-corrected chi connectivity index (χ1v) is 4.16. The predicted octanol–water partition coefficient (Wildman–Crippen LogP) is 2.42. The van der Waals surface area contributed by atoms with Crippen molar-refractivity contribution in [1.29, 1.82) is 0 Å². The van der Waals surface area contributed by atoms with Crippen LogP contribution in [0.5, 0.6) is 0 Å². The van der Waals surface area contributed by atoms with Crippen LogP contribution in [0.15, 0.2) is 30.3 Å². The summed E-state index contributed by atoms with van der Waals surface area (Å²) in [5, 5.41) is 5.40. The van der Waals surface area contributed by atoms with Gasteiger partial charge in [0.25, 0.3) is 0 Å². The number of benzene rings is 1. The number of halogens is 3. The highest BCUT2D eigenvalue weighted by Crippen LogP contribution is 2.25. The Morgan fingerprint density at radius 2 is 1.85 bits per heavy atom. The van der Waals surface area contributed by atoms with Crippen molar-refractivity contribution in [3.63, 3.8) is 0 Å².